The highest BCUT2D eigenvalue weighted by atomic mass is 16.3. The first-order chi connectivity index (χ1) is 10.8. The second-order valence-corrected chi connectivity index (χ2v) is 5.33. The Bertz CT molecular complexity index is 850. The Morgan fingerprint density at radius 2 is 1.82 bits per heavy atom. The van der Waals surface area contributed by atoms with E-state index in [-0.39, 0.29) is 12.5 Å². The van der Waals surface area contributed by atoms with Crippen molar-refractivity contribution >= 4 is 28.9 Å². The summed E-state index contributed by atoms with van der Waals surface area (Å²) in [4.78, 5) is 12.3. The van der Waals surface area contributed by atoms with E-state index in [9.17, 15) is 9.90 Å². The Labute approximate surface area is 127 Å². The van der Waals surface area contributed by atoms with Gasteiger partial charge in [-0.2, -0.15) is 0 Å². The molecule has 0 aliphatic carbocycles. The molecule has 4 nitrogen and oxygen atoms in total. The fourth-order valence-corrected chi connectivity index (χ4v) is 2.85. The average Bonchev–Trinajstić information content (AvgIpc) is 2.89. The highest BCUT2D eigenvalue weighted by molar-refractivity contribution is 6.33. The highest BCUT2D eigenvalue weighted by Crippen LogP contribution is 2.36. The second kappa shape index (κ2) is 4.86. The van der Waals surface area contributed by atoms with E-state index in [2.05, 4.69) is 10.6 Å². The summed E-state index contributed by atoms with van der Waals surface area (Å²) in [5.74, 6) is -0.0937. The van der Waals surface area contributed by atoms with Gasteiger partial charge in [-0.1, -0.05) is 30.3 Å². The number of fused-ring (bicyclic) bond motifs is 2. The van der Waals surface area contributed by atoms with E-state index in [0.29, 0.717) is 5.57 Å². The lowest BCUT2D eigenvalue weighted by Gasteiger charge is -2.18. The number of hydrogen-bond donors (Lipinski definition) is 3. The first kappa shape index (κ1) is 12.9. The van der Waals surface area contributed by atoms with E-state index >= 15 is 0 Å². The van der Waals surface area contributed by atoms with E-state index in [1.54, 1.807) is 0 Å². The van der Waals surface area contributed by atoms with Crippen molar-refractivity contribution in [1.29, 1.82) is 0 Å². The van der Waals surface area contributed by atoms with E-state index in [0.717, 1.165) is 33.8 Å². The van der Waals surface area contributed by atoms with E-state index in [1.807, 2.05) is 54.6 Å². The molecule has 4 rings (SSSR count). The van der Waals surface area contributed by atoms with Gasteiger partial charge in [0, 0.05) is 16.9 Å². The first-order valence-corrected chi connectivity index (χ1v) is 7.10. The molecule has 0 saturated carbocycles. The number of aliphatic hydroxyl groups excluding tert-OH is 1. The summed E-state index contributed by atoms with van der Waals surface area (Å²) in [5.41, 5.74) is 5.99. The van der Waals surface area contributed by atoms with Crippen LogP contribution >= 0.6 is 0 Å². The van der Waals surface area contributed by atoms with Gasteiger partial charge in [-0.25, -0.2) is 0 Å². The predicted molar refractivity (Wildman–Crippen MR) is 87.0 cm³/mol. The molecule has 2 heterocycles. The van der Waals surface area contributed by atoms with Crippen LogP contribution in [0.5, 0.6) is 0 Å². The van der Waals surface area contributed by atoms with Crippen molar-refractivity contribution in [1.82, 2.24) is 0 Å². The summed E-state index contributed by atoms with van der Waals surface area (Å²) in [6, 6.07) is 13.4. The van der Waals surface area contributed by atoms with Crippen molar-refractivity contribution in [2.24, 2.45) is 0 Å². The number of carbonyl (C=O) groups is 1. The Morgan fingerprint density at radius 3 is 2.68 bits per heavy atom. The van der Waals surface area contributed by atoms with Crippen LogP contribution in [0.3, 0.4) is 0 Å². The maximum atomic E-state index is 12.3. The van der Waals surface area contributed by atoms with Gasteiger partial charge >= 0.3 is 0 Å². The van der Waals surface area contributed by atoms with Crippen molar-refractivity contribution in [2.75, 3.05) is 10.6 Å². The topological polar surface area (TPSA) is 61.4 Å². The van der Waals surface area contributed by atoms with Crippen LogP contribution in [0.25, 0.3) is 11.6 Å². The molecule has 0 unspecified atom stereocenters. The molecule has 0 atom stereocenters. The number of rotatable bonds is 1. The SMILES string of the molecule is O=C1Nc2ccccc2/C1=C1\C=Cc2cc(CO)ccc2N1. The number of allylic oxidation sites excluding steroid dienone is 1. The molecule has 22 heavy (non-hydrogen) atoms. The van der Waals surface area contributed by atoms with Gasteiger partial charge in [0.15, 0.2) is 0 Å². The van der Waals surface area contributed by atoms with Crippen LogP contribution in [0.15, 0.2) is 54.2 Å². The molecule has 2 aromatic rings. The Morgan fingerprint density at radius 1 is 0.955 bits per heavy atom. The molecule has 0 aromatic heterocycles. The molecule has 0 bridgehead atoms. The zero-order valence-corrected chi connectivity index (χ0v) is 11.8. The Balaban J connectivity index is 1.81. The molecular weight excluding hydrogens is 276 g/mol. The van der Waals surface area contributed by atoms with E-state index < -0.39 is 0 Å². The van der Waals surface area contributed by atoms with Gasteiger partial charge < -0.3 is 15.7 Å². The fourth-order valence-electron chi connectivity index (χ4n) is 2.85. The number of nitrogens with one attached hydrogen (secondary N) is 2. The Kier molecular flexibility index (Phi) is 2.84. The Hall–Kier alpha value is -2.85. The van der Waals surface area contributed by atoms with Crippen LogP contribution in [0, 0.1) is 0 Å². The van der Waals surface area contributed by atoms with Crippen molar-refractivity contribution in [3.8, 4) is 0 Å². The summed E-state index contributed by atoms with van der Waals surface area (Å²) < 4.78 is 0. The summed E-state index contributed by atoms with van der Waals surface area (Å²) in [5, 5.41) is 15.4. The van der Waals surface area contributed by atoms with Crippen molar-refractivity contribution in [2.45, 2.75) is 6.61 Å². The van der Waals surface area contributed by atoms with Crippen LogP contribution in [0.1, 0.15) is 16.7 Å². The lowest BCUT2D eigenvalue weighted by molar-refractivity contribution is -0.110. The minimum atomic E-state index is -0.0937. The minimum Gasteiger partial charge on any atom is -0.392 e. The predicted octanol–water partition coefficient (Wildman–Crippen LogP) is 2.98. The zero-order valence-electron chi connectivity index (χ0n) is 11.8. The highest BCUT2D eigenvalue weighted by Gasteiger charge is 2.27. The fraction of sp³-hybridized carbons (Fsp3) is 0.0556. The van der Waals surface area contributed by atoms with Crippen LogP contribution in [-0.4, -0.2) is 11.0 Å². The molecule has 0 spiro atoms. The molecule has 108 valence electrons. The van der Waals surface area contributed by atoms with Crippen LogP contribution in [0.4, 0.5) is 11.4 Å². The number of amides is 1. The molecule has 0 saturated heterocycles. The van der Waals surface area contributed by atoms with E-state index in [1.165, 1.54) is 0 Å². The number of benzene rings is 2. The summed E-state index contributed by atoms with van der Waals surface area (Å²) in [6.45, 7) is 0.0187. The van der Waals surface area contributed by atoms with Gasteiger partial charge in [-0.05, 0) is 35.4 Å². The van der Waals surface area contributed by atoms with Crippen LogP contribution < -0.4 is 10.6 Å². The molecule has 2 aliphatic rings. The molecule has 4 heteroatoms. The third-order valence-corrected chi connectivity index (χ3v) is 3.94. The second-order valence-electron chi connectivity index (χ2n) is 5.33. The number of para-hydroxylation sites is 1. The zero-order chi connectivity index (χ0) is 15.1. The standard InChI is InChI=1S/C18H14N2O2/c21-10-11-5-7-14-12(9-11)6-8-16(19-14)17-13-3-1-2-4-15(13)20-18(17)22/h1-9,19,21H,10H2,(H,20,22)/b17-16-. The number of aliphatic hydroxyl groups is 1. The maximum absolute atomic E-state index is 12.3. The first-order valence-electron chi connectivity index (χ1n) is 7.10. The molecule has 0 fully saturated rings. The minimum absolute atomic E-state index is 0.0187. The molecule has 2 aromatic carbocycles. The maximum Gasteiger partial charge on any atom is 0.258 e. The van der Waals surface area contributed by atoms with Crippen LogP contribution in [0.2, 0.25) is 0 Å². The van der Waals surface area contributed by atoms with Gasteiger partial charge in [0.1, 0.15) is 0 Å². The third kappa shape index (κ3) is 1.93. The third-order valence-electron chi connectivity index (χ3n) is 3.94. The lowest BCUT2D eigenvalue weighted by atomic mass is 10.00. The average molecular weight is 290 g/mol. The quantitative estimate of drug-likeness (QED) is 0.708. The van der Waals surface area contributed by atoms with Gasteiger partial charge in [-0.15, -0.1) is 0 Å². The molecule has 1 amide bonds. The van der Waals surface area contributed by atoms with Crippen molar-refractivity contribution in [3.63, 3.8) is 0 Å². The van der Waals surface area contributed by atoms with Crippen LogP contribution in [-0.2, 0) is 11.4 Å². The monoisotopic (exact) mass is 290 g/mol. The van der Waals surface area contributed by atoms with E-state index in [4.69, 9.17) is 0 Å². The summed E-state index contributed by atoms with van der Waals surface area (Å²) in [6.07, 6.45) is 3.86. The van der Waals surface area contributed by atoms with Crippen molar-refractivity contribution < 1.29 is 9.90 Å². The van der Waals surface area contributed by atoms with Gasteiger partial charge in [0.2, 0.25) is 0 Å². The summed E-state index contributed by atoms with van der Waals surface area (Å²) >= 11 is 0. The number of carbonyl (C=O) groups excluding carboxylic acids is 1. The summed E-state index contributed by atoms with van der Waals surface area (Å²) in [7, 11) is 0. The number of anilines is 2. The molecule has 3 N–H and O–H groups in total. The largest absolute Gasteiger partial charge is 0.392 e. The molecule has 2 aliphatic heterocycles. The van der Waals surface area contributed by atoms with Gasteiger partial charge in [-0.3, -0.25) is 4.79 Å². The van der Waals surface area contributed by atoms with Gasteiger partial charge in [0.25, 0.3) is 5.91 Å². The lowest BCUT2D eigenvalue weighted by Crippen LogP contribution is -2.11. The normalized spacial score (nSPS) is 18.5. The van der Waals surface area contributed by atoms with Gasteiger partial charge in [0.05, 0.1) is 17.9 Å². The smallest absolute Gasteiger partial charge is 0.258 e. The molecule has 0 radical (unpaired) electrons. The number of hydrogen-bond acceptors (Lipinski definition) is 3. The van der Waals surface area contributed by atoms with Crippen molar-refractivity contribution in [3.05, 3.63) is 70.9 Å². The molecular formula is C18H14N2O2.